The summed E-state index contributed by atoms with van der Waals surface area (Å²) in [5.41, 5.74) is 1.13. The molecule has 0 aliphatic rings. The molecule has 0 atom stereocenters. The summed E-state index contributed by atoms with van der Waals surface area (Å²) < 4.78 is 27.7. The number of sulfonamides is 1. The van der Waals surface area contributed by atoms with E-state index in [9.17, 15) is 13.2 Å². The largest absolute Gasteiger partial charge is 0.324 e. The van der Waals surface area contributed by atoms with E-state index >= 15 is 0 Å². The Morgan fingerprint density at radius 3 is 2.59 bits per heavy atom. The third-order valence-electron chi connectivity index (χ3n) is 4.38. The number of aromatic nitrogens is 3. The fourth-order valence-electron chi connectivity index (χ4n) is 2.78. The Hall–Kier alpha value is -2.66. The Bertz CT molecular complexity index is 1230. The van der Waals surface area contributed by atoms with Gasteiger partial charge in [-0.3, -0.25) is 9.36 Å². The summed E-state index contributed by atoms with van der Waals surface area (Å²) in [7, 11) is -0.791. The van der Waals surface area contributed by atoms with Gasteiger partial charge in [-0.1, -0.05) is 59.8 Å². The maximum Gasteiger partial charge on any atom is 0.242 e. The zero-order valence-electron chi connectivity index (χ0n) is 17.5. The molecule has 3 aromatic rings. The zero-order chi connectivity index (χ0) is 23.3. The molecular formula is C21H22ClN5O3S2. The molecule has 8 nitrogen and oxygen atoms in total. The topological polar surface area (TPSA) is 97.2 Å². The van der Waals surface area contributed by atoms with E-state index in [0.29, 0.717) is 17.5 Å². The Balaban J connectivity index is 1.75. The Morgan fingerprint density at radius 2 is 1.94 bits per heavy atom. The van der Waals surface area contributed by atoms with Crippen LogP contribution < -0.4 is 5.32 Å². The number of hydrogen-bond acceptors (Lipinski definition) is 6. The number of carbonyl (C=O) groups is 1. The maximum absolute atomic E-state index is 12.6. The number of nitrogens with one attached hydrogen (secondary N) is 1. The molecule has 0 spiro atoms. The third-order valence-corrected chi connectivity index (χ3v) is 7.49. The Kier molecular flexibility index (Phi) is 7.73. The summed E-state index contributed by atoms with van der Waals surface area (Å²) in [6, 6.07) is 13.8. The van der Waals surface area contributed by atoms with E-state index in [2.05, 4.69) is 22.1 Å². The lowest BCUT2D eigenvalue weighted by molar-refractivity contribution is -0.113. The van der Waals surface area contributed by atoms with Gasteiger partial charge in [0.15, 0.2) is 11.0 Å². The van der Waals surface area contributed by atoms with Crippen molar-refractivity contribution in [3.8, 4) is 11.4 Å². The predicted octanol–water partition coefficient (Wildman–Crippen LogP) is 3.77. The highest BCUT2D eigenvalue weighted by molar-refractivity contribution is 7.99. The molecule has 11 heteroatoms. The molecule has 0 radical (unpaired) electrons. The fourth-order valence-corrected chi connectivity index (χ4v) is 4.62. The van der Waals surface area contributed by atoms with Crippen molar-refractivity contribution in [2.45, 2.75) is 16.6 Å². The molecule has 0 saturated heterocycles. The molecule has 2 aromatic carbocycles. The number of carbonyl (C=O) groups excluding carboxylic acids is 1. The molecule has 1 N–H and O–H groups in total. The minimum atomic E-state index is -3.66. The fraction of sp³-hybridized carbons (Fsp3) is 0.190. The number of hydrogen-bond donors (Lipinski definition) is 1. The van der Waals surface area contributed by atoms with Gasteiger partial charge < -0.3 is 5.32 Å². The van der Waals surface area contributed by atoms with Gasteiger partial charge >= 0.3 is 0 Å². The number of rotatable bonds is 9. The molecule has 0 saturated carbocycles. The van der Waals surface area contributed by atoms with Crippen LogP contribution in [0, 0.1) is 0 Å². The van der Waals surface area contributed by atoms with Crippen LogP contribution in [0.5, 0.6) is 0 Å². The van der Waals surface area contributed by atoms with Gasteiger partial charge in [-0.2, -0.15) is 0 Å². The first kappa shape index (κ1) is 24.0. The van der Waals surface area contributed by atoms with Crippen molar-refractivity contribution in [2.75, 3.05) is 25.2 Å². The highest BCUT2D eigenvalue weighted by Gasteiger charge is 2.20. The number of allylic oxidation sites excluding steroid dienone is 1. The number of benzene rings is 2. The van der Waals surface area contributed by atoms with Crippen LogP contribution in [0.1, 0.15) is 0 Å². The van der Waals surface area contributed by atoms with Gasteiger partial charge in [0.1, 0.15) is 0 Å². The second kappa shape index (κ2) is 10.3. The summed E-state index contributed by atoms with van der Waals surface area (Å²) in [5, 5.41) is 11.9. The molecule has 0 unspecified atom stereocenters. The van der Waals surface area contributed by atoms with Crippen LogP contribution in [0.4, 0.5) is 5.69 Å². The van der Waals surface area contributed by atoms with Crippen molar-refractivity contribution in [1.29, 1.82) is 0 Å². The van der Waals surface area contributed by atoms with E-state index in [0.717, 1.165) is 9.87 Å². The first-order valence-electron chi connectivity index (χ1n) is 9.48. The van der Waals surface area contributed by atoms with Crippen LogP contribution in [-0.2, 0) is 21.4 Å². The van der Waals surface area contributed by atoms with E-state index in [1.807, 2.05) is 34.9 Å². The van der Waals surface area contributed by atoms with Crippen molar-refractivity contribution < 1.29 is 13.2 Å². The molecule has 1 amide bonds. The van der Waals surface area contributed by atoms with Crippen LogP contribution in [0.25, 0.3) is 11.4 Å². The van der Waals surface area contributed by atoms with Crippen LogP contribution in [-0.4, -0.2) is 53.2 Å². The van der Waals surface area contributed by atoms with E-state index in [1.165, 1.54) is 44.1 Å². The van der Waals surface area contributed by atoms with Gasteiger partial charge in [-0.25, -0.2) is 12.7 Å². The SMILES string of the molecule is C=CCn1c(SCC(=O)Nc2cc(S(=O)(=O)N(C)C)ccc2Cl)nnc1-c1ccccc1. The average molecular weight is 492 g/mol. The Morgan fingerprint density at radius 1 is 1.22 bits per heavy atom. The summed E-state index contributed by atoms with van der Waals surface area (Å²) >= 11 is 7.37. The van der Waals surface area contributed by atoms with Crippen molar-refractivity contribution in [3.63, 3.8) is 0 Å². The lowest BCUT2D eigenvalue weighted by atomic mass is 10.2. The normalized spacial score (nSPS) is 11.5. The molecule has 1 aromatic heterocycles. The number of anilines is 1. The van der Waals surface area contributed by atoms with Crippen LogP contribution in [0.3, 0.4) is 0 Å². The molecule has 0 aliphatic heterocycles. The molecule has 0 aliphatic carbocycles. The first-order valence-corrected chi connectivity index (χ1v) is 12.3. The van der Waals surface area contributed by atoms with Crippen molar-refractivity contribution in [3.05, 3.63) is 66.2 Å². The van der Waals surface area contributed by atoms with Gasteiger partial charge in [0.05, 0.1) is 21.4 Å². The molecule has 3 rings (SSSR count). The first-order chi connectivity index (χ1) is 15.2. The Labute approximate surface area is 196 Å². The summed E-state index contributed by atoms with van der Waals surface area (Å²) in [4.78, 5) is 12.6. The maximum atomic E-state index is 12.6. The van der Waals surface area contributed by atoms with Gasteiger partial charge in [0, 0.05) is 26.2 Å². The zero-order valence-corrected chi connectivity index (χ0v) is 19.9. The second-order valence-corrected chi connectivity index (χ2v) is 10.3. The lowest BCUT2D eigenvalue weighted by Crippen LogP contribution is -2.22. The van der Waals surface area contributed by atoms with Gasteiger partial charge in [-0.15, -0.1) is 16.8 Å². The molecular weight excluding hydrogens is 470 g/mol. The van der Waals surface area contributed by atoms with Crippen LogP contribution in [0.15, 0.2) is 71.2 Å². The standard InChI is InChI=1S/C21H22ClN5O3S2/c1-4-12-27-20(15-8-6-5-7-9-15)24-25-21(27)31-14-19(28)23-18-13-16(10-11-17(18)22)32(29,30)26(2)3/h4-11,13H,1,12,14H2,2-3H3,(H,23,28). The van der Waals surface area contributed by atoms with Crippen LogP contribution >= 0.6 is 23.4 Å². The molecule has 1 heterocycles. The van der Waals surface area contributed by atoms with E-state index < -0.39 is 10.0 Å². The van der Waals surface area contributed by atoms with Crippen molar-refractivity contribution in [1.82, 2.24) is 19.1 Å². The monoisotopic (exact) mass is 491 g/mol. The van der Waals surface area contributed by atoms with Crippen molar-refractivity contribution >= 4 is 45.0 Å². The molecule has 168 valence electrons. The predicted molar refractivity (Wildman–Crippen MR) is 127 cm³/mol. The highest BCUT2D eigenvalue weighted by Crippen LogP contribution is 2.28. The quantitative estimate of drug-likeness (QED) is 0.361. The van der Waals surface area contributed by atoms with E-state index in [1.54, 1.807) is 6.08 Å². The minimum Gasteiger partial charge on any atom is -0.324 e. The van der Waals surface area contributed by atoms with Gasteiger partial charge in [0.25, 0.3) is 0 Å². The van der Waals surface area contributed by atoms with Crippen LogP contribution in [0.2, 0.25) is 5.02 Å². The van der Waals surface area contributed by atoms with E-state index in [4.69, 9.17) is 11.6 Å². The molecule has 32 heavy (non-hydrogen) atoms. The number of nitrogens with zero attached hydrogens (tertiary/aromatic N) is 4. The second-order valence-electron chi connectivity index (χ2n) is 6.84. The third kappa shape index (κ3) is 5.39. The summed E-state index contributed by atoms with van der Waals surface area (Å²) in [5.74, 6) is 0.356. The average Bonchev–Trinajstić information content (AvgIpc) is 3.17. The van der Waals surface area contributed by atoms with E-state index in [-0.39, 0.29) is 27.3 Å². The molecule has 0 fully saturated rings. The summed E-state index contributed by atoms with van der Waals surface area (Å²) in [6.45, 7) is 4.26. The molecule has 0 bridgehead atoms. The highest BCUT2D eigenvalue weighted by atomic mass is 35.5. The van der Waals surface area contributed by atoms with Crippen molar-refractivity contribution in [2.24, 2.45) is 0 Å². The number of halogens is 1. The minimum absolute atomic E-state index is 0.0328. The summed E-state index contributed by atoms with van der Waals surface area (Å²) in [6.07, 6.45) is 1.73. The smallest absolute Gasteiger partial charge is 0.242 e. The van der Waals surface area contributed by atoms with Gasteiger partial charge in [-0.05, 0) is 18.2 Å². The van der Waals surface area contributed by atoms with Gasteiger partial charge in [0.2, 0.25) is 15.9 Å². The number of thioether (sulfide) groups is 1. The lowest BCUT2D eigenvalue weighted by Gasteiger charge is -2.14. The number of amides is 1.